The van der Waals surface area contributed by atoms with Gasteiger partial charge in [-0.1, -0.05) is 12.7 Å². The third kappa shape index (κ3) is 8.97. The lowest BCUT2D eigenvalue weighted by Crippen LogP contribution is -2.12. The van der Waals surface area contributed by atoms with Crippen LogP contribution in [0.3, 0.4) is 0 Å². The highest BCUT2D eigenvalue weighted by atomic mass is 28.1. The summed E-state index contributed by atoms with van der Waals surface area (Å²) in [4.78, 5) is 9.71. The maximum Gasteiger partial charge on any atom is 0.404 e. The summed E-state index contributed by atoms with van der Waals surface area (Å²) in [6.45, 7) is 3.49. The first-order chi connectivity index (χ1) is 3.27. The van der Waals surface area contributed by atoms with Crippen LogP contribution in [0.1, 0.15) is 0 Å². The van der Waals surface area contributed by atoms with Crippen LogP contribution in [0.2, 0.25) is 0 Å². The fourth-order valence-electron chi connectivity index (χ4n) is 0.141. The number of nitrogens with two attached hydrogens (primary N) is 1. The maximum atomic E-state index is 9.71. The second kappa shape index (κ2) is 6.23. The number of amides is 1. The van der Waals surface area contributed by atoms with Crippen molar-refractivity contribution >= 4 is 17.1 Å². The highest BCUT2D eigenvalue weighted by Crippen LogP contribution is 1.70. The number of primary amides is 1. The van der Waals surface area contributed by atoms with Gasteiger partial charge in [0.25, 0.3) is 0 Å². The van der Waals surface area contributed by atoms with Crippen molar-refractivity contribution in [1.29, 1.82) is 0 Å². The molecule has 0 atom stereocenters. The van der Waals surface area contributed by atoms with Gasteiger partial charge in [-0.05, 0) is 11.0 Å². The average molecular weight is 133 g/mol. The van der Waals surface area contributed by atoms with Crippen molar-refractivity contribution in [2.24, 2.45) is 5.73 Å². The Hall–Kier alpha value is -0.773. The first kappa shape index (κ1) is 10.3. The lowest BCUT2D eigenvalue weighted by atomic mass is 10.7. The summed E-state index contributed by atoms with van der Waals surface area (Å²) in [5.74, 6) is 0. The molecule has 0 saturated carbocycles. The molecule has 0 aliphatic carbocycles. The molecule has 0 bridgehead atoms. The molecule has 0 aliphatic rings. The molecule has 1 amide bonds. The summed E-state index contributed by atoms with van der Waals surface area (Å²) in [6, 6.07) is 0. The largest absolute Gasteiger partial charge is 0.445 e. The smallest absolute Gasteiger partial charge is 0.404 e. The zero-order valence-corrected chi connectivity index (χ0v) is 3.89. The van der Waals surface area contributed by atoms with Gasteiger partial charge >= 0.3 is 6.09 Å². The molecule has 0 saturated heterocycles. The molecule has 0 aromatic heterocycles. The maximum absolute atomic E-state index is 9.71. The molecule has 0 radical (unpaired) electrons. The molecule has 0 aromatic carbocycles. The van der Waals surface area contributed by atoms with Crippen LogP contribution in [0, 0.1) is 0 Å². The Morgan fingerprint density at radius 3 is 2.50 bits per heavy atom. The summed E-state index contributed by atoms with van der Waals surface area (Å²) < 4.78 is 4.21. The second-order valence-corrected chi connectivity index (χ2v) is 0.919. The van der Waals surface area contributed by atoms with Crippen molar-refractivity contribution in [2.75, 3.05) is 6.61 Å². The second-order valence-electron chi connectivity index (χ2n) is 0.919. The first-order valence-corrected chi connectivity index (χ1v) is 1.80. The topological polar surface area (TPSA) is 52.3 Å². The van der Waals surface area contributed by atoms with Crippen molar-refractivity contribution in [3.8, 4) is 0 Å². The molecule has 0 unspecified atom stereocenters. The molecule has 48 valence electrons. The van der Waals surface area contributed by atoms with E-state index in [-0.39, 0.29) is 17.6 Å². The number of rotatable bonds is 2. The van der Waals surface area contributed by atoms with Gasteiger partial charge in [-0.15, -0.1) is 0 Å². The molecule has 0 aromatic rings. The van der Waals surface area contributed by atoms with Crippen LogP contribution in [0.5, 0.6) is 0 Å². The molecule has 0 heterocycles. The zero-order valence-electron chi connectivity index (χ0n) is 3.89. The molecule has 3 nitrogen and oxygen atoms in total. The Labute approximate surface area is 52.5 Å². The van der Waals surface area contributed by atoms with E-state index in [4.69, 9.17) is 0 Å². The lowest BCUT2D eigenvalue weighted by Gasteiger charge is -1.90. The Morgan fingerprint density at radius 2 is 2.38 bits per heavy atom. The molecule has 2 N–H and O–H groups in total. The Balaban J connectivity index is 0. The van der Waals surface area contributed by atoms with Crippen LogP contribution >= 0.6 is 0 Å². The monoisotopic (exact) mass is 133 g/mol. The molecule has 0 fully saturated rings. The van der Waals surface area contributed by atoms with E-state index in [0.717, 1.165) is 0 Å². The van der Waals surface area contributed by atoms with Gasteiger partial charge in [0, 0.05) is 0 Å². The summed E-state index contributed by atoms with van der Waals surface area (Å²) in [7, 11) is 0. The van der Waals surface area contributed by atoms with Crippen molar-refractivity contribution in [3.63, 3.8) is 0 Å². The van der Waals surface area contributed by atoms with Gasteiger partial charge in [0.15, 0.2) is 0 Å². The minimum atomic E-state index is -0.764. The molecule has 8 heavy (non-hydrogen) atoms. The molecule has 4 heteroatoms. The number of hydrogen-bond donors (Lipinski definition) is 1. The predicted octanol–water partition coefficient (Wildman–Crippen LogP) is -1.18. The third-order valence-electron chi connectivity index (χ3n) is 0.343. The van der Waals surface area contributed by atoms with Gasteiger partial charge in [-0.25, -0.2) is 4.79 Å². The average Bonchev–Trinajstić information content (AvgIpc) is 1.61. The standard InChI is InChI=1S/C4H7NO2.H4Si/c1-2-3-7-4(5)6;/h2H,1,3H2,(H2,5,6);1H4. The summed E-state index contributed by atoms with van der Waals surface area (Å²) >= 11 is 0. The van der Waals surface area contributed by atoms with Gasteiger partial charge in [-0.3, -0.25) is 0 Å². The molecular weight excluding hydrogens is 122 g/mol. The fraction of sp³-hybridized carbons (Fsp3) is 0.250. The number of carbonyl (C=O) groups excluding carboxylic acids is 1. The third-order valence-corrected chi connectivity index (χ3v) is 0.343. The van der Waals surface area contributed by atoms with E-state index in [1.165, 1.54) is 6.08 Å². The van der Waals surface area contributed by atoms with Gasteiger partial charge < -0.3 is 10.5 Å². The normalized spacial score (nSPS) is 6.50. The number of hydrogen-bond acceptors (Lipinski definition) is 2. The number of ether oxygens (including phenoxy) is 1. The minimum absolute atomic E-state index is 0. The highest BCUT2D eigenvalue weighted by molar-refractivity contribution is 5.75. The minimum Gasteiger partial charge on any atom is -0.445 e. The molecule has 0 rings (SSSR count). The van der Waals surface area contributed by atoms with Crippen molar-refractivity contribution in [1.82, 2.24) is 0 Å². The predicted molar refractivity (Wildman–Crippen MR) is 37.1 cm³/mol. The zero-order chi connectivity index (χ0) is 5.70. The van der Waals surface area contributed by atoms with E-state index >= 15 is 0 Å². The van der Waals surface area contributed by atoms with Crippen molar-refractivity contribution < 1.29 is 9.53 Å². The van der Waals surface area contributed by atoms with E-state index in [1.54, 1.807) is 0 Å². The van der Waals surface area contributed by atoms with E-state index < -0.39 is 6.09 Å². The van der Waals surface area contributed by atoms with Crippen LogP contribution in [0.15, 0.2) is 12.7 Å². The van der Waals surface area contributed by atoms with Gasteiger partial charge in [0.05, 0.1) is 0 Å². The Kier molecular flexibility index (Phi) is 7.98. The van der Waals surface area contributed by atoms with E-state index in [9.17, 15) is 4.79 Å². The molecular formula is C4H11NO2Si. The quantitative estimate of drug-likeness (QED) is 0.380. The van der Waals surface area contributed by atoms with Crippen LogP contribution in [0.4, 0.5) is 4.79 Å². The molecule has 0 spiro atoms. The van der Waals surface area contributed by atoms with E-state index in [2.05, 4.69) is 17.0 Å². The molecule has 0 aliphatic heterocycles. The SMILES string of the molecule is C=CCOC(N)=O.[SiH4]. The summed E-state index contributed by atoms with van der Waals surface area (Å²) in [5.41, 5.74) is 4.57. The first-order valence-electron chi connectivity index (χ1n) is 1.80. The van der Waals surface area contributed by atoms with E-state index in [0.29, 0.717) is 0 Å². The highest BCUT2D eigenvalue weighted by Gasteiger charge is 1.84. The van der Waals surface area contributed by atoms with Crippen molar-refractivity contribution in [3.05, 3.63) is 12.7 Å². The summed E-state index contributed by atoms with van der Waals surface area (Å²) in [5, 5.41) is 0. The van der Waals surface area contributed by atoms with Crippen LogP contribution in [-0.2, 0) is 4.74 Å². The van der Waals surface area contributed by atoms with Gasteiger partial charge in [-0.2, -0.15) is 0 Å². The van der Waals surface area contributed by atoms with Crippen LogP contribution in [0.25, 0.3) is 0 Å². The van der Waals surface area contributed by atoms with E-state index in [1.807, 2.05) is 0 Å². The van der Waals surface area contributed by atoms with Crippen LogP contribution in [-0.4, -0.2) is 23.7 Å². The summed E-state index contributed by atoms with van der Waals surface area (Å²) in [6.07, 6.45) is 0.685. The Bertz CT molecular complexity index is 84.1. The Morgan fingerprint density at radius 1 is 1.88 bits per heavy atom. The van der Waals surface area contributed by atoms with Gasteiger partial charge in [0.2, 0.25) is 0 Å². The van der Waals surface area contributed by atoms with Crippen LogP contribution < -0.4 is 5.73 Å². The van der Waals surface area contributed by atoms with Gasteiger partial charge in [0.1, 0.15) is 6.61 Å². The fourth-order valence-corrected chi connectivity index (χ4v) is 0.141. The number of carbonyl (C=O) groups is 1. The van der Waals surface area contributed by atoms with Crippen molar-refractivity contribution in [2.45, 2.75) is 0 Å². The lowest BCUT2D eigenvalue weighted by molar-refractivity contribution is 0.169.